The molecule has 0 atom stereocenters. The molecule has 0 aliphatic carbocycles. The molecule has 0 aliphatic heterocycles. The van der Waals surface area contributed by atoms with Gasteiger partial charge in [0.25, 0.3) is 0 Å². The number of benzene rings is 1. The molecule has 18 heavy (non-hydrogen) atoms. The molecule has 1 heterocycles. The number of nitrogens with one attached hydrogen (secondary N) is 1. The molecule has 2 aromatic rings. The van der Waals surface area contributed by atoms with E-state index in [2.05, 4.69) is 44.1 Å². The maximum atomic E-state index is 6.31. The van der Waals surface area contributed by atoms with Gasteiger partial charge in [-0.25, -0.2) is 0 Å². The predicted molar refractivity (Wildman–Crippen MR) is 79.8 cm³/mol. The molecule has 1 N–H and O–H groups in total. The number of aromatic nitrogens is 1. The molecule has 0 saturated heterocycles. The van der Waals surface area contributed by atoms with Crippen LogP contribution < -0.4 is 5.32 Å². The summed E-state index contributed by atoms with van der Waals surface area (Å²) in [5, 5.41) is 5.33. The Morgan fingerprint density at radius 3 is 2.56 bits per heavy atom. The van der Waals surface area contributed by atoms with Gasteiger partial charge < -0.3 is 5.32 Å². The van der Waals surface area contributed by atoms with Crippen LogP contribution in [0.15, 0.2) is 12.1 Å². The summed E-state index contributed by atoms with van der Waals surface area (Å²) in [5.74, 6) is 0. The van der Waals surface area contributed by atoms with Gasteiger partial charge in [0.2, 0.25) is 0 Å². The zero-order valence-corrected chi connectivity index (χ0v) is 12.2. The zero-order chi connectivity index (χ0) is 13.3. The summed E-state index contributed by atoms with van der Waals surface area (Å²) in [6.07, 6.45) is 0.975. The van der Waals surface area contributed by atoms with Crippen molar-refractivity contribution in [3.63, 3.8) is 0 Å². The molecule has 3 heteroatoms. The van der Waals surface area contributed by atoms with Gasteiger partial charge in [0, 0.05) is 23.3 Å². The van der Waals surface area contributed by atoms with Crippen molar-refractivity contribution in [2.24, 2.45) is 0 Å². The van der Waals surface area contributed by atoms with Gasteiger partial charge in [-0.05, 0) is 50.5 Å². The van der Waals surface area contributed by atoms with Crippen LogP contribution in [0.5, 0.6) is 0 Å². The molecule has 96 valence electrons. The van der Waals surface area contributed by atoms with Gasteiger partial charge in [0.1, 0.15) is 0 Å². The third-order valence-corrected chi connectivity index (χ3v) is 3.49. The third-order valence-electron chi connectivity index (χ3n) is 3.20. The second kappa shape index (κ2) is 5.15. The van der Waals surface area contributed by atoms with Crippen LogP contribution in [0.2, 0.25) is 5.02 Å². The minimum Gasteiger partial charge on any atom is -0.384 e. The van der Waals surface area contributed by atoms with Gasteiger partial charge in [-0.2, -0.15) is 0 Å². The standard InChI is InChI=1S/C15H19ClN2/c1-5-11-10(4)18-15-12(14(11)17-6-2)7-9(3)8-13(15)16/h7-8H,5-6H2,1-4H3,(H,17,18). The largest absolute Gasteiger partial charge is 0.384 e. The molecule has 1 aromatic carbocycles. The Morgan fingerprint density at radius 1 is 1.22 bits per heavy atom. The molecule has 2 rings (SSSR count). The summed E-state index contributed by atoms with van der Waals surface area (Å²) < 4.78 is 0. The maximum absolute atomic E-state index is 6.31. The number of nitrogens with zero attached hydrogens (tertiary/aromatic N) is 1. The van der Waals surface area contributed by atoms with Crippen LogP contribution in [-0.2, 0) is 6.42 Å². The van der Waals surface area contributed by atoms with Crippen molar-refractivity contribution in [3.8, 4) is 0 Å². The van der Waals surface area contributed by atoms with Crippen LogP contribution in [0.4, 0.5) is 5.69 Å². The lowest BCUT2D eigenvalue weighted by Crippen LogP contribution is -2.05. The monoisotopic (exact) mass is 262 g/mol. The molecule has 0 unspecified atom stereocenters. The molecule has 0 spiro atoms. The van der Waals surface area contributed by atoms with Gasteiger partial charge in [-0.15, -0.1) is 0 Å². The normalized spacial score (nSPS) is 10.9. The Morgan fingerprint density at radius 2 is 1.94 bits per heavy atom. The highest BCUT2D eigenvalue weighted by atomic mass is 35.5. The molecule has 0 amide bonds. The second-order valence-corrected chi connectivity index (χ2v) is 4.98. The van der Waals surface area contributed by atoms with Gasteiger partial charge in [0.05, 0.1) is 10.5 Å². The van der Waals surface area contributed by atoms with Crippen LogP contribution in [-0.4, -0.2) is 11.5 Å². The van der Waals surface area contributed by atoms with Crippen molar-refractivity contribution in [1.29, 1.82) is 0 Å². The molecular formula is C15H19ClN2. The third kappa shape index (κ3) is 2.17. The molecule has 0 saturated carbocycles. The van der Waals surface area contributed by atoms with Gasteiger partial charge in [0.15, 0.2) is 0 Å². The number of hydrogen-bond acceptors (Lipinski definition) is 2. The van der Waals surface area contributed by atoms with Gasteiger partial charge in [-0.1, -0.05) is 18.5 Å². The molecule has 0 aliphatic rings. The van der Waals surface area contributed by atoms with E-state index in [1.807, 2.05) is 6.07 Å². The molecule has 1 aromatic heterocycles. The fourth-order valence-corrected chi connectivity index (χ4v) is 2.74. The number of pyridine rings is 1. The van der Waals surface area contributed by atoms with Crippen molar-refractivity contribution in [3.05, 3.63) is 34.0 Å². The summed E-state index contributed by atoms with van der Waals surface area (Å²) in [7, 11) is 0. The number of fused-ring (bicyclic) bond motifs is 1. The number of aryl methyl sites for hydroxylation is 2. The fourth-order valence-electron chi connectivity index (χ4n) is 2.43. The van der Waals surface area contributed by atoms with E-state index in [1.54, 1.807) is 0 Å². The quantitative estimate of drug-likeness (QED) is 0.881. The van der Waals surface area contributed by atoms with Crippen LogP contribution in [0.25, 0.3) is 10.9 Å². The summed E-state index contributed by atoms with van der Waals surface area (Å²) in [4.78, 5) is 4.66. The van der Waals surface area contributed by atoms with Crippen LogP contribution >= 0.6 is 11.6 Å². The van der Waals surface area contributed by atoms with E-state index < -0.39 is 0 Å². The van der Waals surface area contributed by atoms with Crippen LogP contribution in [0, 0.1) is 13.8 Å². The lowest BCUT2D eigenvalue weighted by atomic mass is 10.0. The van der Waals surface area contributed by atoms with Crippen LogP contribution in [0.1, 0.15) is 30.7 Å². The predicted octanol–water partition coefficient (Wildman–Crippen LogP) is 4.50. The van der Waals surface area contributed by atoms with E-state index in [0.717, 1.165) is 34.6 Å². The Labute approximate surface area is 113 Å². The SMILES string of the molecule is CCNc1c(CC)c(C)nc2c(Cl)cc(C)cc12. The van der Waals surface area contributed by atoms with Crippen molar-refractivity contribution in [2.45, 2.75) is 34.1 Å². The highest BCUT2D eigenvalue weighted by Crippen LogP contribution is 2.33. The average molecular weight is 263 g/mol. The van der Waals surface area contributed by atoms with Crippen LogP contribution in [0.3, 0.4) is 0 Å². The summed E-state index contributed by atoms with van der Waals surface area (Å²) in [6.45, 7) is 9.28. The van der Waals surface area contributed by atoms with E-state index in [1.165, 1.54) is 16.8 Å². The number of hydrogen-bond donors (Lipinski definition) is 1. The Kier molecular flexibility index (Phi) is 3.76. The first-order valence-electron chi connectivity index (χ1n) is 6.41. The van der Waals surface area contributed by atoms with Crippen molar-refractivity contribution in [2.75, 3.05) is 11.9 Å². The lowest BCUT2D eigenvalue weighted by Gasteiger charge is -2.16. The minimum absolute atomic E-state index is 0.731. The highest BCUT2D eigenvalue weighted by molar-refractivity contribution is 6.35. The summed E-state index contributed by atoms with van der Waals surface area (Å²) in [5.41, 5.74) is 5.60. The van der Waals surface area contributed by atoms with Crippen molar-refractivity contribution in [1.82, 2.24) is 4.98 Å². The molecule has 0 radical (unpaired) electrons. The van der Waals surface area contributed by atoms with Gasteiger partial charge in [-0.3, -0.25) is 4.98 Å². The number of rotatable bonds is 3. The fraction of sp³-hybridized carbons (Fsp3) is 0.400. The van der Waals surface area contributed by atoms with E-state index in [4.69, 9.17) is 11.6 Å². The minimum atomic E-state index is 0.731. The zero-order valence-electron chi connectivity index (χ0n) is 11.4. The summed E-state index contributed by atoms with van der Waals surface area (Å²) >= 11 is 6.31. The lowest BCUT2D eigenvalue weighted by molar-refractivity contribution is 1.06. The Bertz CT molecular complexity index is 591. The topological polar surface area (TPSA) is 24.9 Å². The molecule has 0 fully saturated rings. The van der Waals surface area contributed by atoms with E-state index in [-0.39, 0.29) is 0 Å². The van der Waals surface area contributed by atoms with Crippen molar-refractivity contribution < 1.29 is 0 Å². The summed E-state index contributed by atoms with van der Waals surface area (Å²) in [6, 6.07) is 4.13. The molecule has 0 bridgehead atoms. The highest BCUT2D eigenvalue weighted by Gasteiger charge is 2.13. The van der Waals surface area contributed by atoms with Crippen molar-refractivity contribution >= 4 is 28.2 Å². The first-order chi connectivity index (χ1) is 8.58. The Hall–Kier alpha value is -1.28. The smallest absolute Gasteiger partial charge is 0.0912 e. The Balaban J connectivity index is 2.87. The first kappa shape index (κ1) is 13.2. The number of halogens is 1. The average Bonchev–Trinajstić information content (AvgIpc) is 2.31. The maximum Gasteiger partial charge on any atom is 0.0912 e. The van der Waals surface area contributed by atoms with E-state index in [0.29, 0.717) is 0 Å². The second-order valence-electron chi connectivity index (χ2n) is 4.58. The first-order valence-corrected chi connectivity index (χ1v) is 6.79. The molecular weight excluding hydrogens is 244 g/mol. The number of anilines is 1. The van der Waals surface area contributed by atoms with Gasteiger partial charge >= 0.3 is 0 Å². The molecule has 2 nitrogen and oxygen atoms in total. The van der Waals surface area contributed by atoms with E-state index in [9.17, 15) is 0 Å². The van der Waals surface area contributed by atoms with E-state index >= 15 is 0 Å².